The fraction of sp³-hybridized carbons (Fsp3) is 0.588. The highest BCUT2D eigenvalue weighted by Gasteiger charge is 2.39. The van der Waals surface area contributed by atoms with Crippen LogP contribution < -0.4 is 9.47 Å². The summed E-state index contributed by atoms with van der Waals surface area (Å²) in [5, 5.41) is 0. The first-order valence-electron chi connectivity index (χ1n) is 7.61. The van der Waals surface area contributed by atoms with Crippen molar-refractivity contribution in [1.29, 1.82) is 0 Å². The summed E-state index contributed by atoms with van der Waals surface area (Å²) in [6.45, 7) is 0.658. The van der Waals surface area contributed by atoms with Crippen LogP contribution in [0.3, 0.4) is 0 Å². The van der Waals surface area contributed by atoms with Crippen LogP contribution in [-0.2, 0) is 4.74 Å². The molecule has 0 radical (unpaired) electrons. The molecule has 2 aliphatic carbocycles. The van der Waals surface area contributed by atoms with Gasteiger partial charge < -0.3 is 14.2 Å². The number of esters is 1. The number of fused-ring (bicyclic) bond motifs is 2. The van der Waals surface area contributed by atoms with Gasteiger partial charge in [-0.1, -0.05) is 12.5 Å². The maximum Gasteiger partial charge on any atom is 0.341 e. The van der Waals surface area contributed by atoms with Crippen LogP contribution in [0, 0.1) is 17.8 Å². The minimum atomic E-state index is -0.392. The van der Waals surface area contributed by atoms with E-state index in [0.717, 1.165) is 11.8 Å². The van der Waals surface area contributed by atoms with Gasteiger partial charge in [-0.05, 0) is 49.1 Å². The Morgan fingerprint density at radius 3 is 2.71 bits per heavy atom. The van der Waals surface area contributed by atoms with Gasteiger partial charge in [0.05, 0.1) is 20.8 Å². The number of hydrogen-bond acceptors (Lipinski definition) is 4. The zero-order valence-corrected chi connectivity index (χ0v) is 12.6. The van der Waals surface area contributed by atoms with Gasteiger partial charge in [-0.15, -0.1) is 0 Å². The van der Waals surface area contributed by atoms with E-state index in [0.29, 0.717) is 29.6 Å². The van der Waals surface area contributed by atoms with Gasteiger partial charge in [-0.2, -0.15) is 0 Å². The van der Waals surface area contributed by atoms with Crippen LogP contribution in [0.4, 0.5) is 0 Å². The molecule has 2 saturated carbocycles. The van der Waals surface area contributed by atoms with Crippen LogP contribution in [0.2, 0.25) is 0 Å². The molecule has 0 heterocycles. The topological polar surface area (TPSA) is 44.8 Å². The van der Waals surface area contributed by atoms with Crippen LogP contribution >= 0.6 is 0 Å². The predicted octanol–water partition coefficient (Wildman–Crippen LogP) is 3.30. The molecule has 1 aromatic carbocycles. The second-order valence-corrected chi connectivity index (χ2v) is 6.07. The van der Waals surface area contributed by atoms with Crippen molar-refractivity contribution < 1.29 is 19.0 Å². The maximum atomic E-state index is 11.9. The molecule has 4 nitrogen and oxygen atoms in total. The van der Waals surface area contributed by atoms with Crippen LogP contribution in [0.15, 0.2) is 18.2 Å². The van der Waals surface area contributed by atoms with Gasteiger partial charge in [0.15, 0.2) is 11.5 Å². The molecule has 21 heavy (non-hydrogen) atoms. The summed E-state index contributed by atoms with van der Waals surface area (Å²) in [5.41, 5.74) is 0.431. The van der Waals surface area contributed by atoms with Crippen molar-refractivity contribution in [3.05, 3.63) is 23.8 Å². The van der Waals surface area contributed by atoms with Gasteiger partial charge in [-0.25, -0.2) is 4.79 Å². The van der Waals surface area contributed by atoms with Crippen molar-refractivity contribution in [3.63, 3.8) is 0 Å². The molecule has 0 amide bonds. The van der Waals surface area contributed by atoms with E-state index in [4.69, 9.17) is 14.2 Å². The van der Waals surface area contributed by atoms with E-state index in [9.17, 15) is 4.79 Å². The second-order valence-electron chi connectivity index (χ2n) is 6.07. The molecule has 0 aromatic heterocycles. The van der Waals surface area contributed by atoms with Crippen molar-refractivity contribution in [3.8, 4) is 11.5 Å². The number of hydrogen-bond donors (Lipinski definition) is 0. The molecule has 114 valence electrons. The van der Waals surface area contributed by atoms with Crippen LogP contribution in [0.25, 0.3) is 0 Å². The summed E-state index contributed by atoms with van der Waals surface area (Å²) in [7, 11) is 2.96. The summed E-state index contributed by atoms with van der Waals surface area (Å²) >= 11 is 0. The standard InChI is InChI=1S/C17H22O4/c1-19-15-5-3-4-14(17(18)20-2)16(15)21-10-13-9-11-6-7-12(13)8-11/h3-5,11-13H,6-10H2,1-2H3. The third-order valence-corrected chi connectivity index (χ3v) is 4.93. The Bertz CT molecular complexity index is 526. The van der Waals surface area contributed by atoms with Crippen molar-refractivity contribution in [1.82, 2.24) is 0 Å². The molecule has 2 bridgehead atoms. The number of para-hydroxylation sites is 1. The van der Waals surface area contributed by atoms with E-state index in [2.05, 4.69) is 0 Å². The second kappa shape index (κ2) is 5.96. The van der Waals surface area contributed by atoms with Gasteiger partial charge >= 0.3 is 5.97 Å². The summed E-state index contributed by atoms with van der Waals surface area (Å²) in [4.78, 5) is 11.9. The Morgan fingerprint density at radius 1 is 1.24 bits per heavy atom. The molecule has 3 rings (SSSR count). The average molecular weight is 290 g/mol. The van der Waals surface area contributed by atoms with Crippen molar-refractivity contribution in [2.24, 2.45) is 17.8 Å². The highest BCUT2D eigenvalue weighted by atomic mass is 16.5. The summed E-state index contributed by atoms with van der Waals surface area (Å²) < 4.78 is 16.1. The Hall–Kier alpha value is -1.71. The average Bonchev–Trinajstić information content (AvgIpc) is 3.14. The molecule has 0 N–H and O–H groups in total. The first-order chi connectivity index (χ1) is 10.2. The molecule has 2 aliphatic rings. The lowest BCUT2D eigenvalue weighted by atomic mass is 9.89. The molecular formula is C17H22O4. The Kier molecular flexibility index (Phi) is 4.04. The van der Waals surface area contributed by atoms with Gasteiger partial charge in [-0.3, -0.25) is 0 Å². The van der Waals surface area contributed by atoms with E-state index in [1.54, 1.807) is 19.2 Å². The quantitative estimate of drug-likeness (QED) is 0.781. The zero-order chi connectivity index (χ0) is 14.8. The molecule has 0 spiro atoms. The van der Waals surface area contributed by atoms with Crippen molar-refractivity contribution >= 4 is 5.97 Å². The molecule has 4 heteroatoms. The molecule has 1 aromatic rings. The molecule has 3 atom stereocenters. The monoisotopic (exact) mass is 290 g/mol. The number of benzene rings is 1. The summed E-state index contributed by atoms with van der Waals surface area (Å²) in [6.07, 6.45) is 5.31. The van der Waals surface area contributed by atoms with Crippen molar-refractivity contribution in [2.45, 2.75) is 25.7 Å². The van der Waals surface area contributed by atoms with E-state index in [1.807, 2.05) is 6.07 Å². The van der Waals surface area contributed by atoms with Crippen molar-refractivity contribution in [2.75, 3.05) is 20.8 Å². The predicted molar refractivity (Wildman–Crippen MR) is 78.8 cm³/mol. The smallest absolute Gasteiger partial charge is 0.341 e. The molecule has 0 saturated heterocycles. The number of carbonyl (C=O) groups excluding carboxylic acids is 1. The van der Waals surface area contributed by atoms with Gasteiger partial charge in [0, 0.05) is 0 Å². The fourth-order valence-electron chi connectivity index (χ4n) is 3.87. The number of carbonyl (C=O) groups is 1. The van der Waals surface area contributed by atoms with E-state index < -0.39 is 5.97 Å². The molecule has 0 aliphatic heterocycles. The van der Waals surface area contributed by atoms with E-state index in [1.165, 1.54) is 32.8 Å². The lowest BCUT2D eigenvalue weighted by molar-refractivity contribution is 0.0593. The minimum Gasteiger partial charge on any atom is -0.493 e. The fourth-order valence-corrected chi connectivity index (χ4v) is 3.87. The maximum absolute atomic E-state index is 11.9. The SMILES string of the molecule is COC(=O)c1cccc(OC)c1OCC1CC2CCC1C2. The lowest BCUT2D eigenvalue weighted by Gasteiger charge is -2.23. The van der Waals surface area contributed by atoms with Crippen LogP contribution in [0.5, 0.6) is 11.5 Å². The highest BCUT2D eigenvalue weighted by Crippen LogP contribution is 2.48. The molecule has 3 unspecified atom stereocenters. The first-order valence-corrected chi connectivity index (χ1v) is 7.61. The van der Waals surface area contributed by atoms with E-state index >= 15 is 0 Å². The highest BCUT2D eigenvalue weighted by molar-refractivity contribution is 5.93. The number of methoxy groups -OCH3 is 2. The first kappa shape index (κ1) is 14.2. The number of ether oxygens (including phenoxy) is 3. The van der Waals surface area contributed by atoms with Gasteiger partial charge in [0.1, 0.15) is 5.56 Å². The minimum absolute atomic E-state index is 0.392. The Labute approximate surface area is 125 Å². The van der Waals surface area contributed by atoms with Gasteiger partial charge in [0.25, 0.3) is 0 Å². The number of rotatable bonds is 5. The summed E-state index contributed by atoms with van der Waals surface area (Å²) in [5.74, 6) is 3.00. The zero-order valence-electron chi connectivity index (χ0n) is 12.6. The van der Waals surface area contributed by atoms with E-state index in [-0.39, 0.29) is 0 Å². The Balaban J connectivity index is 1.75. The third kappa shape index (κ3) is 2.71. The Morgan fingerprint density at radius 2 is 2.10 bits per heavy atom. The molecular weight excluding hydrogens is 268 g/mol. The van der Waals surface area contributed by atoms with Crippen LogP contribution in [0.1, 0.15) is 36.0 Å². The largest absolute Gasteiger partial charge is 0.493 e. The normalized spacial score (nSPS) is 26.7. The van der Waals surface area contributed by atoms with Gasteiger partial charge in [0.2, 0.25) is 0 Å². The third-order valence-electron chi connectivity index (χ3n) is 4.93. The lowest BCUT2D eigenvalue weighted by Crippen LogP contribution is -2.19. The molecule has 2 fully saturated rings. The van der Waals surface area contributed by atoms with Crippen LogP contribution in [-0.4, -0.2) is 26.8 Å². The summed E-state index contributed by atoms with van der Waals surface area (Å²) in [6, 6.07) is 5.29.